The lowest BCUT2D eigenvalue weighted by atomic mass is 9.55. The number of rotatable bonds is 0. The van der Waals surface area contributed by atoms with E-state index in [0.29, 0.717) is 12.3 Å². The molecule has 3 aliphatic rings. The maximum atomic E-state index is 14.1. The van der Waals surface area contributed by atoms with Crippen LogP contribution in [0.2, 0.25) is 0 Å². The molecular weight excluding hydrogens is 286 g/mol. The van der Waals surface area contributed by atoms with E-state index in [4.69, 9.17) is 0 Å². The highest BCUT2D eigenvalue weighted by Crippen LogP contribution is 2.64. The van der Waals surface area contributed by atoms with Crippen molar-refractivity contribution in [3.63, 3.8) is 0 Å². The molecule has 0 aromatic heterocycles. The molecule has 2 nitrogen and oxygen atoms in total. The Bertz CT molecular complexity index is 615. The molecule has 0 heterocycles. The summed E-state index contributed by atoms with van der Waals surface area (Å²) >= 11 is 0. The Morgan fingerprint density at radius 3 is 2.77 bits per heavy atom. The van der Waals surface area contributed by atoms with E-state index >= 15 is 0 Å². The van der Waals surface area contributed by atoms with Gasteiger partial charge in [-0.3, -0.25) is 0 Å². The minimum absolute atomic E-state index is 0.113. The maximum Gasteiger partial charge on any atom is 0.274 e. The van der Waals surface area contributed by atoms with Gasteiger partial charge in [-0.25, -0.2) is 8.78 Å². The van der Waals surface area contributed by atoms with Gasteiger partial charge in [0.25, 0.3) is 5.92 Å². The number of fused-ring (bicyclic) bond motifs is 5. The summed E-state index contributed by atoms with van der Waals surface area (Å²) in [6, 6.07) is 5.48. The van der Waals surface area contributed by atoms with Crippen molar-refractivity contribution in [2.45, 2.75) is 57.0 Å². The SMILES string of the molecule is C[C@]12CC[C@@H]3c4ccc(O)cc4CC[C@H]3[C@@H]1CC(F)(F)C2O. The molecule has 2 saturated carbocycles. The van der Waals surface area contributed by atoms with Gasteiger partial charge in [-0.15, -0.1) is 0 Å². The van der Waals surface area contributed by atoms with Crippen molar-refractivity contribution >= 4 is 0 Å². The highest BCUT2D eigenvalue weighted by atomic mass is 19.3. The lowest BCUT2D eigenvalue weighted by molar-refractivity contribution is -0.123. The second-order valence-electron chi connectivity index (χ2n) is 7.71. The highest BCUT2D eigenvalue weighted by molar-refractivity contribution is 5.40. The number of aromatic hydroxyl groups is 1. The van der Waals surface area contributed by atoms with Crippen LogP contribution in [0.25, 0.3) is 0 Å². The number of halogens is 2. The fourth-order valence-electron chi connectivity index (χ4n) is 5.53. The lowest BCUT2D eigenvalue weighted by Crippen LogP contribution is -2.45. The minimum Gasteiger partial charge on any atom is -0.508 e. The van der Waals surface area contributed by atoms with Gasteiger partial charge in [0.2, 0.25) is 0 Å². The molecule has 22 heavy (non-hydrogen) atoms. The third-order valence-electron chi connectivity index (χ3n) is 6.66. The molecule has 4 heteroatoms. The van der Waals surface area contributed by atoms with Gasteiger partial charge >= 0.3 is 0 Å². The summed E-state index contributed by atoms with van der Waals surface area (Å²) in [5.74, 6) is -2.27. The Balaban J connectivity index is 1.72. The number of hydrogen-bond donors (Lipinski definition) is 2. The second kappa shape index (κ2) is 4.44. The van der Waals surface area contributed by atoms with Crippen LogP contribution in [-0.2, 0) is 6.42 Å². The summed E-state index contributed by atoms with van der Waals surface area (Å²) in [6.45, 7) is 1.85. The van der Waals surface area contributed by atoms with Crippen LogP contribution in [0.5, 0.6) is 5.75 Å². The van der Waals surface area contributed by atoms with Crippen molar-refractivity contribution in [2.24, 2.45) is 17.3 Å². The van der Waals surface area contributed by atoms with Crippen LogP contribution >= 0.6 is 0 Å². The smallest absolute Gasteiger partial charge is 0.274 e. The minimum atomic E-state index is -2.95. The van der Waals surface area contributed by atoms with Crippen molar-refractivity contribution < 1.29 is 19.0 Å². The fourth-order valence-corrected chi connectivity index (χ4v) is 5.53. The Labute approximate surface area is 129 Å². The Kier molecular flexibility index (Phi) is 2.91. The summed E-state index contributed by atoms with van der Waals surface area (Å²) in [5.41, 5.74) is 1.73. The molecule has 0 bridgehead atoms. The first kappa shape index (κ1) is 14.4. The first-order valence-corrected chi connectivity index (χ1v) is 8.20. The maximum absolute atomic E-state index is 14.1. The van der Waals surface area contributed by atoms with Crippen LogP contribution in [0.15, 0.2) is 18.2 Å². The quantitative estimate of drug-likeness (QED) is 0.764. The summed E-state index contributed by atoms with van der Waals surface area (Å²) in [5, 5.41) is 19.8. The van der Waals surface area contributed by atoms with E-state index in [9.17, 15) is 19.0 Å². The van der Waals surface area contributed by atoms with Gasteiger partial charge in [0.05, 0.1) is 0 Å². The monoisotopic (exact) mass is 308 g/mol. The van der Waals surface area contributed by atoms with Gasteiger partial charge in [0, 0.05) is 11.8 Å². The third-order valence-corrected chi connectivity index (χ3v) is 6.66. The first-order chi connectivity index (χ1) is 10.3. The van der Waals surface area contributed by atoms with Crippen molar-refractivity contribution in [3.05, 3.63) is 29.3 Å². The summed E-state index contributed by atoms with van der Waals surface area (Å²) in [7, 11) is 0. The van der Waals surface area contributed by atoms with E-state index in [1.807, 2.05) is 19.1 Å². The van der Waals surface area contributed by atoms with Crippen LogP contribution in [0, 0.1) is 17.3 Å². The molecule has 120 valence electrons. The van der Waals surface area contributed by atoms with Crippen LogP contribution in [-0.4, -0.2) is 22.2 Å². The molecule has 0 radical (unpaired) electrons. The number of aryl methyl sites for hydroxylation is 1. The zero-order valence-electron chi connectivity index (χ0n) is 12.7. The number of phenolic OH excluding ortho intramolecular Hbond substituents is 1. The molecule has 1 aromatic rings. The lowest BCUT2D eigenvalue weighted by Gasteiger charge is -2.49. The van der Waals surface area contributed by atoms with Gasteiger partial charge in [-0.2, -0.15) is 0 Å². The molecule has 0 saturated heterocycles. The largest absolute Gasteiger partial charge is 0.508 e. The van der Waals surface area contributed by atoms with Gasteiger partial charge < -0.3 is 10.2 Å². The van der Waals surface area contributed by atoms with Crippen LogP contribution in [0.1, 0.15) is 49.7 Å². The summed E-state index contributed by atoms with van der Waals surface area (Å²) in [4.78, 5) is 0. The molecule has 2 fully saturated rings. The zero-order chi connectivity index (χ0) is 15.7. The molecular formula is C18H22F2O2. The number of aliphatic hydroxyl groups excluding tert-OH is 1. The van der Waals surface area contributed by atoms with E-state index in [1.54, 1.807) is 6.07 Å². The van der Waals surface area contributed by atoms with Crippen molar-refractivity contribution in [3.8, 4) is 5.75 Å². The van der Waals surface area contributed by atoms with E-state index in [0.717, 1.165) is 24.8 Å². The van der Waals surface area contributed by atoms with E-state index in [1.165, 1.54) is 5.56 Å². The molecule has 3 aliphatic carbocycles. The predicted octanol–water partition coefficient (Wildman–Crippen LogP) is 3.85. The predicted molar refractivity (Wildman–Crippen MR) is 79.1 cm³/mol. The van der Waals surface area contributed by atoms with E-state index < -0.39 is 17.4 Å². The number of alkyl halides is 2. The average Bonchev–Trinajstić information content (AvgIpc) is 2.66. The molecule has 2 N–H and O–H groups in total. The van der Waals surface area contributed by atoms with Crippen LogP contribution < -0.4 is 0 Å². The normalized spacial score (nSPS) is 42.4. The van der Waals surface area contributed by atoms with Gasteiger partial charge in [0.1, 0.15) is 11.9 Å². The molecule has 0 aliphatic heterocycles. The fraction of sp³-hybridized carbons (Fsp3) is 0.667. The Morgan fingerprint density at radius 2 is 2.00 bits per heavy atom. The van der Waals surface area contributed by atoms with Gasteiger partial charge in [-0.1, -0.05) is 13.0 Å². The topological polar surface area (TPSA) is 40.5 Å². The highest BCUT2D eigenvalue weighted by Gasteiger charge is 2.65. The molecule has 4 rings (SSSR count). The second-order valence-corrected chi connectivity index (χ2v) is 7.71. The molecule has 0 spiro atoms. The number of benzene rings is 1. The Morgan fingerprint density at radius 1 is 1.23 bits per heavy atom. The molecule has 5 atom stereocenters. The van der Waals surface area contributed by atoms with E-state index in [2.05, 4.69) is 0 Å². The van der Waals surface area contributed by atoms with Crippen molar-refractivity contribution in [2.75, 3.05) is 0 Å². The Hall–Kier alpha value is -1.16. The first-order valence-electron chi connectivity index (χ1n) is 8.20. The molecule has 1 unspecified atom stereocenters. The summed E-state index contributed by atoms with van der Waals surface area (Å²) < 4.78 is 28.2. The summed E-state index contributed by atoms with van der Waals surface area (Å²) in [6.07, 6.45) is 1.52. The van der Waals surface area contributed by atoms with E-state index in [-0.39, 0.29) is 24.0 Å². The molecule has 0 amide bonds. The molecule has 1 aromatic carbocycles. The zero-order valence-corrected chi connectivity index (χ0v) is 12.7. The standard InChI is InChI=1S/C18H22F2O2/c1-17-7-6-13-12-5-3-11(21)8-10(12)2-4-14(13)15(17)9-18(19,20)16(17)22/h3,5,8,13-16,21-22H,2,4,6-7,9H2,1H3/t13-,14-,15+,16?,17+/m1/s1. The van der Waals surface area contributed by atoms with Gasteiger partial charge in [-0.05, 0) is 66.7 Å². The average molecular weight is 308 g/mol. The number of hydrogen-bond acceptors (Lipinski definition) is 2. The van der Waals surface area contributed by atoms with Gasteiger partial charge in [0.15, 0.2) is 0 Å². The number of phenols is 1. The van der Waals surface area contributed by atoms with Crippen LogP contribution in [0.4, 0.5) is 8.78 Å². The number of aliphatic hydroxyl groups is 1. The van der Waals surface area contributed by atoms with Crippen molar-refractivity contribution in [1.82, 2.24) is 0 Å². The van der Waals surface area contributed by atoms with Crippen molar-refractivity contribution in [1.29, 1.82) is 0 Å². The third kappa shape index (κ3) is 1.79. The van der Waals surface area contributed by atoms with Crippen LogP contribution in [0.3, 0.4) is 0 Å².